The van der Waals surface area contributed by atoms with Gasteiger partial charge in [0.15, 0.2) is 0 Å². The van der Waals surface area contributed by atoms with Crippen LogP contribution in [0.5, 0.6) is 0 Å². The first-order valence-corrected chi connectivity index (χ1v) is 5.54. The number of amides is 1. The molecule has 0 saturated carbocycles. The van der Waals surface area contributed by atoms with Crippen molar-refractivity contribution < 1.29 is 4.79 Å². The molecular formula is C12H15N5O. The highest BCUT2D eigenvalue weighted by molar-refractivity contribution is 5.99. The maximum Gasteiger partial charge on any atom is 0.253 e. The van der Waals surface area contributed by atoms with Crippen LogP contribution in [-0.2, 0) is 6.54 Å². The van der Waals surface area contributed by atoms with Crippen LogP contribution in [0.2, 0.25) is 0 Å². The van der Waals surface area contributed by atoms with E-state index < -0.39 is 0 Å². The van der Waals surface area contributed by atoms with Crippen LogP contribution in [-0.4, -0.2) is 16.1 Å². The van der Waals surface area contributed by atoms with Gasteiger partial charge in [0.2, 0.25) is 0 Å². The molecule has 1 aromatic heterocycles. The molecule has 2 aromatic rings. The van der Waals surface area contributed by atoms with Crippen LogP contribution >= 0.6 is 0 Å². The molecule has 0 unspecified atom stereocenters. The second kappa shape index (κ2) is 5.33. The van der Waals surface area contributed by atoms with Crippen molar-refractivity contribution in [1.29, 1.82) is 0 Å². The van der Waals surface area contributed by atoms with Crippen LogP contribution in [0.3, 0.4) is 0 Å². The van der Waals surface area contributed by atoms with Gasteiger partial charge in [-0.2, -0.15) is 5.10 Å². The minimum atomic E-state index is -0.173. The smallest absolute Gasteiger partial charge is 0.253 e. The van der Waals surface area contributed by atoms with E-state index in [2.05, 4.69) is 20.9 Å². The van der Waals surface area contributed by atoms with E-state index in [1.54, 1.807) is 24.5 Å². The van der Waals surface area contributed by atoms with Gasteiger partial charge in [0.05, 0.1) is 17.4 Å². The lowest BCUT2D eigenvalue weighted by atomic mass is 10.1. The average molecular weight is 245 g/mol. The van der Waals surface area contributed by atoms with Crippen LogP contribution < -0.4 is 16.6 Å². The van der Waals surface area contributed by atoms with E-state index in [0.717, 1.165) is 11.1 Å². The molecule has 94 valence electrons. The Morgan fingerprint density at radius 2 is 2.33 bits per heavy atom. The van der Waals surface area contributed by atoms with Gasteiger partial charge in [-0.05, 0) is 19.1 Å². The molecule has 1 amide bonds. The highest BCUT2D eigenvalue weighted by Gasteiger charge is 2.10. The number of nitrogens with zero attached hydrogens (tertiary/aromatic N) is 1. The number of aryl methyl sites for hydroxylation is 1. The summed E-state index contributed by atoms with van der Waals surface area (Å²) in [5, 5.41) is 9.31. The summed E-state index contributed by atoms with van der Waals surface area (Å²) in [6, 6.07) is 5.46. The first-order valence-electron chi connectivity index (χ1n) is 5.54. The van der Waals surface area contributed by atoms with E-state index in [1.165, 1.54) is 0 Å². The van der Waals surface area contributed by atoms with Gasteiger partial charge in [-0.15, -0.1) is 0 Å². The first-order chi connectivity index (χ1) is 8.70. The number of H-pyrrole nitrogens is 1. The molecule has 0 spiro atoms. The van der Waals surface area contributed by atoms with E-state index in [-0.39, 0.29) is 5.91 Å². The Balaban J connectivity index is 2.10. The number of anilines is 1. The fourth-order valence-corrected chi connectivity index (χ4v) is 1.62. The Morgan fingerprint density at radius 1 is 1.50 bits per heavy atom. The first kappa shape index (κ1) is 12.1. The summed E-state index contributed by atoms with van der Waals surface area (Å²) >= 11 is 0. The molecular weight excluding hydrogens is 230 g/mol. The third kappa shape index (κ3) is 2.67. The van der Waals surface area contributed by atoms with Crippen molar-refractivity contribution in [2.24, 2.45) is 5.84 Å². The van der Waals surface area contributed by atoms with Crippen molar-refractivity contribution in [2.75, 3.05) is 5.43 Å². The molecule has 0 fully saturated rings. The summed E-state index contributed by atoms with van der Waals surface area (Å²) in [6.45, 7) is 2.35. The van der Waals surface area contributed by atoms with Crippen molar-refractivity contribution in [3.63, 3.8) is 0 Å². The van der Waals surface area contributed by atoms with Crippen molar-refractivity contribution in [1.82, 2.24) is 15.5 Å². The lowest BCUT2D eigenvalue weighted by Crippen LogP contribution is -2.24. The fraction of sp³-hybridized carbons (Fsp3) is 0.167. The average Bonchev–Trinajstić information content (AvgIpc) is 2.89. The van der Waals surface area contributed by atoms with Gasteiger partial charge in [-0.1, -0.05) is 11.6 Å². The number of hydrogen-bond donors (Lipinski definition) is 4. The summed E-state index contributed by atoms with van der Waals surface area (Å²) in [4.78, 5) is 12.0. The van der Waals surface area contributed by atoms with E-state index in [1.807, 2.05) is 13.0 Å². The number of rotatable bonds is 4. The molecule has 1 aromatic carbocycles. The number of benzene rings is 1. The van der Waals surface area contributed by atoms with Gasteiger partial charge in [0.25, 0.3) is 5.91 Å². The predicted octanol–water partition coefficient (Wildman–Crippen LogP) is 0.934. The lowest BCUT2D eigenvalue weighted by Gasteiger charge is -2.10. The number of nitrogens with one attached hydrogen (secondary N) is 3. The van der Waals surface area contributed by atoms with Crippen molar-refractivity contribution in [3.8, 4) is 0 Å². The van der Waals surface area contributed by atoms with Gasteiger partial charge in [0, 0.05) is 18.3 Å². The SMILES string of the molecule is Cc1ccc(NN)c(C(=O)NCc2cn[nH]c2)c1. The van der Waals surface area contributed by atoms with Crippen molar-refractivity contribution >= 4 is 11.6 Å². The van der Waals surface area contributed by atoms with Crippen LogP contribution in [0.15, 0.2) is 30.6 Å². The van der Waals surface area contributed by atoms with Gasteiger partial charge in [-0.3, -0.25) is 15.7 Å². The molecule has 0 saturated heterocycles. The van der Waals surface area contributed by atoms with E-state index in [0.29, 0.717) is 17.8 Å². The van der Waals surface area contributed by atoms with Crippen LogP contribution in [0.4, 0.5) is 5.69 Å². The zero-order valence-corrected chi connectivity index (χ0v) is 10.0. The third-order valence-corrected chi connectivity index (χ3v) is 2.58. The number of aromatic nitrogens is 2. The Kier molecular flexibility index (Phi) is 3.59. The zero-order valence-electron chi connectivity index (χ0n) is 10.0. The monoisotopic (exact) mass is 245 g/mol. The number of hydrazine groups is 1. The quantitative estimate of drug-likeness (QED) is 0.476. The Bertz CT molecular complexity index is 535. The minimum absolute atomic E-state index is 0.173. The van der Waals surface area contributed by atoms with Crippen LogP contribution in [0.1, 0.15) is 21.5 Å². The summed E-state index contributed by atoms with van der Waals surface area (Å²) in [6.07, 6.45) is 3.40. The molecule has 2 rings (SSSR count). The maximum absolute atomic E-state index is 12.0. The van der Waals surface area contributed by atoms with Gasteiger partial charge < -0.3 is 10.7 Å². The largest absolute Gasteiger partial charge is 0.348 e. The van der Waals surface area contributed by atoms with Gasteiger partial charge in [-0.25, -0.2) is 0 Å². The summed E-state index contributed by atoms with van der Waals surface area (Å²) < 4.78 is 0. The number of nitrogens with two attached hydrogens (primary N) is 1. The van der Waals surface area contributed by atoms with E-state index in [4.69, 9.17) is 5.84 Å². The maximum atomic E-state index is 12.0. The number of nitrogen functional groups attached to an aromatic ring is 1. The number of carbonyl (C=O) groups excluding carboxylic acids is 1. The van der Waals surface area contributed by atoms with E-state index >= 15 is 0 Å². The molecule has 6 heteroatoms. The molecule has 5 N–H and O–H groups in total. The topological polar surface area (TPSA) is 95.8 Å². The normalized spacial score (nSPS) is 10.1. The standard InChI is InChI=1S/C12H15N5O/c1-8-2-3-11(17-13)10(4-8)12(18)14-5-9-6-15-16-7-9/h2-4,6-7,17H,5,13H2,1H3,(H,14,18)(H,15,16). The second-order valence-corrected chi connectivity index (χ2v) is 3.98. The molecule has 0 radical (unpaired) electrons. The molecule has 0 atom stereocenters. The molecule has 0 aliphatic heterocycles. The number of aromatic amines is 1. The summed E-state index contributed by atoms with van der Waals surface area (Å²) in [7, 11) is 0. The van der Waals surface area contributed by atoms with Gasteiger partial charge in [0.1, 0.15) is 0 Å². The number of carbonyl (C=O) groups is 1. The molecule has 0 bridgehead atoms. The Labute approximate surface area is 105 Å². The summed E-state index contributed by atoms with van der Waals surface area (Å²) in [5.41, 5.74) is 5.57. The molecule has 6 nitrogen and oxygen atoms in total. The molecule has 18 heavy (non-hydrogen) atoms. The van der Waals surface area contributed by atoms with Crippen LogP contribution in [0.25, 0.3) is 0 Å². The Morgan fingerprint density at radius 3 is 3.00 bits per heavy atom. The summed E-state index contributed by atoms with van der Waals surface area (Å²) in [5.74, 6) is 5.21. The minimum Gasteiger partial charge on any atom is -0.348 e. The predicted molar refractivity (Wildman–Crippen MR) is 68.7 cm³/mol. The Hall–Kier alpha value is -2.34. The fourth-order valence-electron chi connectivity index (χ4n) is 1.62. The molecule has 0 aliphatic carbocycles. The van der Waals surface area contributed by atoms with Crippen molar-refractivity contribution in [3.05, 3.63) is 47.3 Å². The highest BCUT2D eigenvalue weighted by Crippen LogP contribution is 2.16. The van der Waals surface area contributed by atoms with Gasteiger partial charge >= 0.3 is 0 Å². The van der Waals surface area contributed by atoms with Crippen molar-refractivity contribution in [2.45, 2.75) is 13.5 Å². The third-order valence-electron chi connectivity index (χ3n) is 2.58. The second-order valence-electron chi connectivity index (χ2n) is 3.98. The highest BCUT2D eigenvalue weighted by atomic mass is 16.1. The van der Waals surface area contributed by atoms with Crippen LogP contribution in [0, 0.1) is 6.92 Å². The zero-order chi connectivity index (χ0) is 13.0. The lowest BCUT2D eigenvalue weighted by molar-refractivity contribution is 0.0951. The number of hydrogen-bond acceptors (Lipinski definition) is 4. The molecule has 1 heterocycles. The molecule has 0 aliphatic rings. The van der Waals surface area contributed by atoms with E-state index in [9.17, 15) is 4.79 Å².